The van der Waals surface area contributed by atoms with Gasteiger partial charge in [0.25, 0.3) is 0 Å². The first-order valence-electron chi connectivity index (χ1n) is 14.4. The molecule has 1 unspecified atom stereocenters. The van der Waals surface area contributed by atoms with Crippen molar-refractivity contribution in [1.29, 1.82) is 0 Å². The van der Waals surface area contributed by atoms with Gasteiger partial charge < -0.3 is 24.8 Å². The van der Waals surface area contributed by atoms with Gasteiger partial charge in [0.1, 0.15) is 19.1 Å². The van der Waals surface area contributed by atoms with E-state index in [-0.39, 0.29) is 22.7 Å². The molecule has 1 aromatic heterocycles. The van der Waals surface area contributed by atoms with Crippen molar-refractivity contribution in [3.8, 4) is 17.6 Å². The summed E-state index contributed by atoms with van der Waals surface area (Å²) in [5.41, 5.74) is 1.14. The fourth-order valence-electron chi connectivity index (χ4n) is 5.81. The third-order valence-corrected chi connectivity index (χ3v) is 12.5. The number of likely N-dealkylation sites (tertiary alicyclic amines) is 1. The molecule has 5 rings (SSSR count). The molecule has 0 saturated carbocycles. The zero-order valence-electron chi connectivity index (χ0n) is 23.9. The molecule has 2 saturated heterocycles. The van der Waals surface area contributed by atoms with Gasteiger partial charge in [0, 0.05) is 30.7 Å². The van der Waals surface area contributed by atoms with Gasteiger partial charge in [-0.1, -0.05) is 30.4 Å². The van der Waals surface area contributed by atoms with E-state index >= 15 is 0 Å². The summed E-state index contributed by atoms with van der Waals surface area (Å²) < 4.78 is 87.9. The van der Waals surface area contributed by atoms with Crippen LogP contribution in [-0.2, 0) is 11.0 Å². The number of halogens is 5. The third-order valence-electron chi connectivity index (χ3n) is 8.03. The summed E-state index contributed by atoms with van der Waals surface area (Å²) in [7, 11) is -0.687. The van der Waals surface area contributed by atoms with Crippen molar-refractivity contribution in [1.82, 2.24) is 4.90 Å². The number of hydrogen-bond acceptors (Lipinski definition) is 6. The van der Waals surface area contributed by atoms with Crippen LogP contribution in [0.3, 0.4) is 0 Å². The predicted octanol–water partition coefficient (Wildman–Crippen LogP) is 7.40. The molecular formula is C31H35F5N3O2PS. The standard InChI is InChI=1S/C31H35F5N3O2PS/c1-39-14-12-25(24(33)19-39)38-27-8-5-7-22-23(18-31(34,35)36)29(43-30(22)27)9-6-13-37-26-11-10-21(17-28(26)41-20-32)42(40)15-3-2-4-16-42/h5,7-8,10-11,17,24-25,37-38H,2-4,12-16,18-20H2,1H3/t24-,25?/m0/s1. The van der Waals surface area contributed by atoms with Gasteiger partial charge in [-0.05, 0) is 61.5 Å². The Hall–Kier alpha value is -2.80. The van der Waals surface area contributed by atoms with Crippen LogP contribution in [0.15, 0.2) is 36.4 Å². The maximum Gasteiger partial charge on any atom is 0.393 e. The Morgan fingerprint density at radius 2 is 1.93 bits per heavy atom. The van der Waals surface area contributed by atoms with Crippen LogP contribution in [0.25, 0.3) is 10.1 Å². The van der Waals surface area contributed by atoms with Gasteiger partial charge in [0.05, 0.1) is 40.0 Å². The van der Waals surface area contributed by atoms with Crippen LogP contribution in [0.2, 0.25) is 0 Å². The molecule has 232 valence electrons. The minimum Gasteiger partial charge on any atom is -0.461 e. The molecule has 2 N–H and O–H groups in total. The number of rotatable bonds is 8. The summed E-state index contributed by atoms with van der Waals surface area (Å²) >= 11 is 1.15. The number of benzene rings is 2. The molecule has 2 atom stereocenters. The fourth-order valence-corrected chi connectivity index (χ4v) is 9.89. The number of fused-ring (bicyclic) bond motifs is 1. The zero-order chi connectivity index (χ0) is 30.6. The van der Waals surface area contributed by atoms with E-state index < -0.39 is 38.8 Å². The highest BCUT2D eigenvalue weighted by Gasteiger charge is 2.32. The van der Waals surface area contributed by atoms with Gasteiger partial charge in [-0.3, -0.25) is 0 Å². The molecule has 0 aliphatic carbocycles. The van der Waals surface area contributed by atoms with E-state index in [2.05, 4.69) is 22.5 Å². The second-order valence-corrected chi connectivity index (χ2v) is 15.4. The van der Waals surface area contributed by atoms with E-state index in [1.54, 1.807) is 36.4 Å². The lowest BCUT2D eigenvalue weighted by Crippen LogP contribution is -2.46. The number of piperidine rings is 1. The monoisotopic (exact) mass is 639 g/mol. The summed E-state index contributed by atoms with van der Waals surface area (Å²) in [5, 5.41) is 7.40. The highest BCUT2D eigenvalue weighted by molar-refractivity contribution is 7.71. The van der Waals surface area contributed by atoms with Crippen LogP contribution in [0.1, 0.15) is 36.1 Å². The number of thiophene rings is 1. The van der Waals surface area contributed by atoms with Crippen LogP contribution in [0, 0.1) is 11.8 Å². The van der Waals surface area contributed by atoms with E-state index in [1.165, 1.54) is 0 Å². The summed E-state index contributed by atoms with van der Waals surface area (Å²) in [4.78, 5) is 2.20. The second-order valence-electron chi connectivity index (χ2n) is 11.2. The van der Waals surface area contributed by atoms with Gasteiger partial charge in [0.15, 0.2) is 0 Å². The maximum absolute atomic E-state index is 14.7. The Morgan fingerprint density at radius 1 is 1.14 bits per heavy atom. The molecule has 0 radical (unpaired) electrons. The van der Waals surface area contributed by atoms with Crippen LogP contribution < -0.4 is 20.7 Å². The van der Waals surface area contributed by atoms with Crippen LogP contribution in [0.4, 0.5) is 33.3 Å². The second kappa shape index (κ2) is 13.5. The third kappa shape index (κ3) is 7.65. The Balaban J connectivity index is 1.38. The van der Waals surface area contributed by atoms with Gasteiger partial charge in [0.2, 0.25) is 6.86 Å². The normalized spacial score (nSPS) is 20.8. The Morgan fingerprint density at radius 3 is 2.65 bits per heavy atom. The minimum absolute atomic E-state index is 0.0591. The summed E-state index contributed by atoms with van der Waals surface area (Å²) in [5.74, 6) is 6.02. The molecule has 2 aromatic carbocycles. The average molecular weight is 640 g/mol. The van der Waals surface area contributed by atoms with Gasteiger partial charge >= 0.3 is 6.18 Å². The van der Waals surface area contributed by atoms with Crippen molar-refractivity contribution in [2.24, 2.45) is 0 Å². The molecule has 0 bridgehead atoms. The first-order chi connectivity index (χ1) is 20.6. The lowest BCUT2D eigenvalue weighted by Gasteiger charge is -2.33. The van der Waals surface area contributed by atoms with E-state index in [9.17, 15) is 26.5 Å². The fraction of sp³-hybridized carbons (Fsp3) is 0.484. The first-order valence-corrected chi connectivity index (χ1v) is 17.3. The minimum atomic E-state index is -4.44. The molecule has 43 heavy (non-hydrogen) atoms. The van der Waals surface area contributed by atoms with Crippen LogP contribution >= 0.6 is 18.5 Å². The van der Waals surface area contributed by atoms with E-state index in [4.69, 9.17) is 4.74 Å². The summed E-state index contributed by atoms with van der Waals surface area (Å²) in [6, 6.07) is 9.72. The molecule has 0 amide bonds. The number of alkyl halides is 5. The molecule has 2 aliphatic rings. The SMILES string of the molecule is CN1CCC(Nc2cccc3c(CC(F)(F)F)c(C#CCNc4ccc(P5(=O)CCCCC5)cc4OCF)sc23)[C@@H](F)C1. The van der Waals surface area contributed by atoms with Gasteiger partial charge in [-0.25, -0.2) is 8.78 Å². The Labute approximate surface area is 252 Å². The van der Waals surface area contributed by atoms with Gasteiger partial charge in [-0.15, -0.1) is 11.3 Å². The van der Waals surface area contributed by atoms with E-state index in [0.29, 0.717) is 52.1 Å². The zero-order valence-corrected chi connectivity index (χ0v) is 25.6. The topological polar surface area (TPSA) is 53.6 Å². The number of nitrogens with one attached hydrogen (secondary N) is 2. The number of hydrogen-bond donors (Lipinski definition) is 2. The summed E-state index contributed by atoms with van der Waals surface area (Å²) in [6.07, 6.45) is -2.00. The number of anilines is 2. The molecule has 0 spiro atoms. The van der Waals surface area contributed by atoms with Crippen LogP contribution in [-0.4, -0.2) is 69.2 Å². The lowest BCUT2D eigenvalue weighted by atomic mass is 10.0. The van der Waals surface area contributed by atoms with Gasteiger partial charge in [-0.2, -0.15) is 13.2 Å². The molecule has 2 aliphatic heterocycles. The first kappa shape index (κ1) is 31.6. The van der Waals surface area contributed by atoms with Crippen molar-refractivity contribution in [3.63, 3.8) is 0 Å². The smallest absolute Gasteiger partial charge is 0.393 e. The van der Waals surface area contributed by atoms with Crippen molar-refractivity contribution < 1.29 is 31.3 Å². The maximum atomic E-state index is 14.7. The average Bonchev–Trinajstić information content (AvgIpc) is 3.30. The Bertz CT molecular complexity index is 1540. The molecular weight excluding hydrogens is 604 g/mol. The Kier molecular flexibility index (Phi) is 9.89. The van der Waals surface area contributed by atoms with Crippen LogP contribution in [0.5, 0.6) is 5.75 Å². The van der Waals surface area contributed by atoms with Crippen molar-refractivity contribution >= 4 is 45.2 Å². The van der Waals surface area contributed by atoms with Crippen molar-refractivity contribution in [2.75, 3.05) is 56.5 Å². The number of ether oxygens (including phenoxy) is 1. The molecule has 3 aromatic rings. The number of nitrogens with zero attached hydrogens (tertiary/aromatic N) is 1. The highest BCUT2D eigenvalue weighted by atomic mass is 32.1. The van der Waals surface area contributed by atoms with E-state index in [0.717, 1.165) is 37.1 Å². The molecule has 2 fully saturated rings. The van der Waals surface area contributed by atoms with Crippen molar-refractivity contribution in [3.05, 3.63) is 46.8 Å². The highest BCUT2D eigenvalue weighted by Crippen LogP contribution is 2.50. The van der Waals surface area contributed by atoms with E-state index in [1.807, 2.05) is 11.9 Å². The quantitative estimate of drug-likeness (QED) is 0.153. The lowest BCUT2D eigenvalue weighted by molar-refractivity contribution is -0.126. The largest absolute Gasteiger partial charge is 0.461 e. The molecule has 3 heterocycles. The summed E-state index contributed by atoms with van der Waals surface area (Å²) in [6.45, 7) is 0.0142. The molecule has 12 heteroatoms. The predicted molar refractivity (Wildman–Crippen MR) is 165 cm³/mol. The van der Waals surface area contributed by atoms with Crippen molar-refractivity contribution in [2.45, 2.75) is 50.5 Å². The molecule has 5 nitrogen and oxygen atoms in total.